The summed E-state index contributed by atoms with van der Waals surface area (Å²) in [5.41, 5.74) is 7.78. The molecular formula is C16H23ClN4O. The van der Waals surface area contributed by atoms with Crippen LogP contribution in [0.5, 0.6) is 0 Å². The van der Waals surface area contributed by atoms with Crippen molar-refractivity contribution in [3.63, 3.8) is 0 Å². The topological polar surface area (TPSA) is 70.7 Å². The van der Waals surface area contributed by atoms with Crippen LogP contribution in [0.25, 0.3) is 0 Å². The third-order valence-electron chi connectivity index (χ3n) is 4.31. The number of rotatable bonds is 2. The van der Waals surface area contributed by atoms with Crippen molar-refractivity contribution in [3.8, 4) is 0 Å². The summed E-state index contributed by atoms with van der Waals surface area (Å²) in [4.78, 5) is 18.6. The minimum Gasteiger partial charge on any atom is -0.383 e. The fraction of sp³-hybridized carbons (Fsp3) is 0.500. The number of nitrogens with zero attached hydrogens (tertiary/aromatic N) is 2. The number of piperidine rings is 1. The molecule has 2 aliphatic rings. The van der Waals surface area contributed by atoms with Gasteiger partial charge in [0.25, 0.3) is 0 Å². The highest BCUT2D eigenvalue weighted by Crippen LogP contribution is 2.34. The minimum atomic E-state index is -0.346. The van der Waals surface area contributed by atoms with Crippen molar-refractivity contribution in [3.05, 3.63) is 29.8 Å². The number of nitrogens with one attached hydrogen (secondary N) is 1. The Bertz CT molecular complexity index is 579. The van der Waals surface area contributed by atoms with E-state index in [0.29, 0.717) is 12.3 Å². The van der Waals surface area contributed by atoms with Crippen molar-refractivity contribution >= 4 is 29.8 Å². The van der Waals surface area contributed by atoms with Crippen LogP contribution in [-0.2, 0) is 4.79 Å². The standard InChI is InChI=1S/C16H22N4O.ClH/c1-2-5-14(21)20-10-8-16(9-11-20)18-13-7-4-3-6-12(13)15(17)19-16;/h3-4,6-7,18H,2,5,8-11H2,1H3,(H2,17,19);1H. The molecule has 0 saturated carbocycles. The van der Waals surface area contributed by atoms with Gasteiger partial charge in [0.05, 0.1) is 0 Å². The molecule has 0 unspecified atom stereocenters. The average Bonchev–Trinajstić information content (AvgIpc) is 2.48. The molecule has 2 heterocycles. The Morgan fingerprint density at radius 3 is 2.73 bits per heavy atom. The number of aliphatic imine (C=N–C) groups is 1. The van der Waals surface area contributed by atoms with Crippen LogP contribution in [0.2, 0.25) is 0 Å². The van der Waals surface area contributed by atoms with E-state index in [1.807, 2.05) is 36.1 Å². The number of likely N-dealkylation sites (tertiary alicyclic amines) is 1. The van der Waals surface area contributed by atoms with Gasteiger partial charge in [-0.25, -0.2) is 4.99 Å². The van der Waals surface area contributed by atoms with Gasteiger partial charge in [0.2, 0.25) is 5.91 Å². The van der Waals surface area contributed by atoms with Gasteiger partial charge in [-0.1, -0.05) is 19.1 Å². The molecule has 1 spiro atoms. The number of benzene rings is 1. The van der Waals surface area contributed by atoms with Crippen LogP contribution in [-0.4, -0.2) is 35.4 Å². The average molecular weight is 323 g/mol. The third kappa shape index (κ3) is 3.04. The molecule has 5 nitrogen and oxygen atoms in total. The predicted molar refractivity (Wildman–Crippen MR) is 91.5 cm³/mol. The first-order chi connectivity index (χ1) is 10.1. The molecule has 0 radical (unpaired) electrons. The summed E-state index contributed by atoms with van der Waals surface area (Å²) in [6, 6.07) is 7.98. The first-order valence-corrected chi connectivity index (χ1v) is 7.64. The molecular weight excluding hydrogens is 300 g/mol. The highest BCUT2D eigenvalue weighted by Gasteiger charge is 2.38. The zero-order chi connectivity index (χ0) is 14.9. The molecule has 0 aliphatic carbocycles. The summed E-state index contributed by atoms with van der Waals surface area (Å²) in [6.45, 7) is 3.52. The second-order valence-electron chi connectivity index (χ2n) is 5.83. The van der Waals surface area contributed by atoms with E-state index < -0.39 is 0 Å². The lowest BCUT2D eigenvalue weighted by atomic mass is 9.93. The number of para-hydroxylation sites is 1. The Balaban J connectivity index is 0.00000176. The monoisotopic (exact) mass is 322 g/mol. The molecule has 1 saturated heterocycles. The second-order valence-corrected chi connectivity index (χ2v) is 5.83. The van der Waals surface area contributed by atoms with Crippen molar-refractivity contribution < 1.29 is 4.79 Å². The lowest BCUT2D eigenvalue weighted by molar-refractivity contribution is -0.132. The molecule has 1 fully saturated rings. The Morgan fingerprint density at radius 2 is 2.05 bits per heavy atom. The molecule has 120 valence electrons. The van der Waals surface area contributed by atoms with Crippen LogP contribution < -0.4 is 11.1 Å². The first kappa shape index (κ1) is 16.6. The van der Waals surface area contributed by atoms with Crippen LogP contribution in [0, 0.1) is 0 Å². The fourth-order valence-corrected chi connectivity index (χ4v) is 3.12. The number of anilines is 1. The Labute approximate surface area is 137 Å². The summed E-state index contributed by atoms with van der Waals surface area (Å²) in [5, 5.41) is 3.53. The molecule has 0 aromatic heterocycles. The minimum absolute atomic E-state index is 0. The first-order valence-electron chi connectivity index (χ1n) is 7.64. The molecule has 0 bridgehead atoms. The molecule has 22 heavy (non-hydrogen) atoms. The predicted octanol–water partition coefficient (Wildman–Crippen LogP) is 2.36. The van der Waals surface area contributed by atoms with Gasteiger partial charge in [0.15, 0.2) is 0 Å². The fourth-order valence-electron chi connectivity index (χ4n) is 3.12. The molecule has 1 amide bonds. The lowest BCUT2D eigenvalue weighted by Gasteiger charge is -2.42. The van der Waals surface area contributed by atoms with Crippen molar-refractivity contribution in [2.24, 2.45) is 10.7 Å². The van der Waals surface area contributed by atoms with Crippen molar-refractivity contribution in [1.82, 2.24) is 4.90 Å². The summed E-state index contributed by atoms with van der Waals surface area (Å²) in [6.07, 6.45) is 3.14. The summed E-state index contributed by atoms with van der Waals surface area (Å²) < 4.78 is 0. The molecule has 0 atom stereocenters. The van der Waals surface area contributed by atoms with Crippen LogP contribution in [0.1, 0.15) is 38.2 Å². The summed E-state index contributed by atoms with van der Waals surface area (Å²) >= 11 is 0. The number of hydrogen-bond acceptors (Lipinski definition) is 4. The summed E-state index contributed by atoms with van der Waals surface area (Å²) in [7, 11) is 0. The van der Waals surface area contributed by atoms with Gasteiger partial charge in [-0.15, -0.1) is 12.4 Å². The van der Waals surface area contributed by atoms with Gasteiger partial charge in [-0.2, -0.15) is 0 Å². The zero-order valence-corrected chi connectivity index (χ0v) is 13.7. The Kier molecular flexibility index (Phi) is 4.96. The van der Waals surface area contributed by atoms with Crippen LogP contribution in [0.15, 0.2) is 29.3 Å². The Morgan fingerprint density at radius 1 is 1.36 bits per heavy atom. The number of halogens is 1. The number of amidine groups is 1. The number of nitrogens with two attached hydrogens (primary N) is 1. The Hall–Kier alpha value is -1.75. The highest BCUT2D eigenvalue weighted by molar-refractivity contribution is 6.04. The molecule has 1 aromatic rings. The van der Waals surface area contributed by atoms with E-state index in [0.717, 1.165) is 43.6 Å². The highest BCUT2D eigenvalue weighted by atomic mass is 35.5. The molecule has 1 aromatic carbocycles. The zero-order valence-electron chi connectivity index (χ0n) is 12.8. The van der Waals surface area contributed by atoms with Crippen molar-refractivity contribution in [1.29, 1.82) is 0 Å². The smallest absolute Gasteiger partial charge is 0.222 e. The van der Waals surface area contributed by atoms with E-state index in [4.69, 9.17) is 10.7 Å². The van der Waals surface area contributed by atoms with E-state index >= 15 is 0 Å². The van der Waals surface area contributed by atoms with Crippen LogP contribution in [0.3, 0.4) is 0 Å². The van der Waals surface area contributed by atoms with Gasteiger partial charge in [0.1, 0.15) is 11.5 Å². The van der Waals surface area contributed by atoms with Crippen molar-refractivity contribution in [2.75, 3.05) is 18.4 Å². The number of fused-ring (bicyclic) bond motifs is 1. The normalized spacial score (nSPS) is 18.8. The second kappa shape index (κ2) is 6.57. The lowest BCUT2D eigenvalue weighted by Crippen LogP contribution is -2.52. The number of hydrogen-bond donors (Lipinski definition) is 2. The van der Waals surface area contributed by atoms with Gasteiger partial charge >= 0.3 is 0 Å². The van der Waals surface area contributed by atoms with E-state index in [1.54, 1.807) is 0 Å². The van der Waals surface area contributed by atoms with Crippen LogP contribution in [0.4, 0.5) is 5.69 Å². The third-order valence-corrected chi connectivity index (χ3v) is 4.31. The molecule has 2 aliphatic heterocycles. The number of carbonyl (C=O) groups is 1. The molecule has 3 N–H and O–H groups in total. The molecule has 6 heteroatoms. The van der Waals surface area contributed by atoms with E-state index in [9.17, 15) is 4.79 Å². The van der Waals surface area contributed by atoms with E-state index in [1.165, 1.54) is 0 Å². The van der Waals surface area contributed by atoms with Crippen LogP contribution >= 0.6 is 12.4 Å². The maximum absolute atomic E-state index is 12.0. The quantitative estimate of drug-likeness (QED) is 0.878. The number of carbonyl (C=O) groups excluding carboxylic acids is 1. The largest absolute Gasteiger partial charge is 0.383 e. The molecule has 3 rings (SSSR count). The van der Waals surface area contributed by atoms with Crippen molar-refractivity contribution in [2.45, 2.75) is 38.3 Å². The van der Waals surface area contributed by atoms with Gasteiger partial charge in [-0.05, 0) is 18.6 Å². The van der Waals surface area contributed by atoms with E-state index in [2.05, 4.69) is 5.32 Å². The SMILES string of the molecule is CCCC(=O)N1CCC2(CC1)N=C(N)c1ccccc1N2.Cl. The maximum atomic E-state index is 12.0. The number of amides is 1. The van der Waals surface area contributed by atoms with Gasteiger partial charge < -0.3 is 16.0 Å². The van der Waals surface area contributed by atoms with Gasteiger partial charge in [-0.3, -0.25) is 4.79 Å². The maximum Gasteiger partial charge on any atom is 0.222 e. The summed E-state index contributed by atoms with van der Waals surface area (Å²) in [5.74, 6) is 0.846. The van der Waals surface area contributed by atoms with E-state index in [-0.39, 0.29) is 24.0 Å². The van der Waals surface area contributed by atoms with Gasteiger partial charge in [0, 0.05) is 43.6 Å².